The highest BCUT2D eigenvalue weighted by molar-refractivity contribution is 5.94. The number of anilines is 1. The largest absolute Gasteiger partial charge is 0.454 e. The molecule has 4 nitrogen and oxygen atoms in total. The first-order valence-electron chi connectivity index (χ1n) is 8.57. The van der Waals surface area contributed by atoms with Crippen molar-refractivity contribution in [1.82, 2.24) is 0 Å². The first-order valence-corrected chi connectivity index (χ1v) is 8.57. The minimum absolute atomic E-state index is 0.0330. The Hall–Kier alpha value is -2.10. The van der Waals surface area contributed by atoms with Gasteiger partial charge in [0.05, 0.1) is 5.70 Å². The summed E-state index contributed by atoms with van der Waals surface area (Å²) in [6.07, 6.45) is 3.67. The molecule has 1 aromatic carbocycles. The maximum absolute atomic E-state index is 10.7. The van der Waals surface area contributed by atoms with Crippen LogP contribution in [0.4, 0.5) is 5.69 Å². The van der Waals surface area contributed by atoms with Gasteiger partial charge in [0, 0.05) is 30.0 Å². The number of carbonyl (C=O) groups is 1. The van der Waals surface area contributed by atoms with Gasteiger partial charge in [-0.25, -0.2) is 4.99 Å². The van der Waals surface area contributed by atoms with E-state index in [0.29, 0.717) is 24.7 Å². The van der Waals surface area contributed by atoms with Crippen molar-refractivity contribution in [3.8, 4) is 0 Å². The van der Waals surface area contributed by atoms with Crippen molar-refractivity contribution in [3.05, 3.63) is 41.6 Å². The molecule has 0 aromatic heterocycles. The molecule has 1 unspecified atom stereocenters. The Balaban J connectivity index is 1.97. The minimum Gasteiger partial charge on any atom is -0.454 e. The molecule has 1 aliphatic heterocycles. The lowest BCUT2D eigenvalue weighted by atomic mass is 9.90. The zero-order valence-corrected chi connectivity index (χ0v) is 15.3. The number of benzene rings is 1. The standard InChI is InChI=1S/C20H28N2O2/c1-14(2)15-8-10-16(11-9-15)21-18(7-6-12-23)24-19-13-17(22-19)20(3,4)5/h8-14,18,21H,6-7H2,1-5H3. The molecule has 24 heavy (non-hydrogen) atoms. The molecule has 0 saturated carbocycles. The predicted molar refractivity (Wildman–Crippen MR) is 99.3 cm³/mol. The molecule has 1 N–H and O–H groups in total. The lowest BCUT2D eigenvalue weighted by Crippen LogP contribution is -2.29. The number of rotatable bonds is 7. The highest BCUT2D eigenvalue weighted by atomic mass is 16.5. The van der Waals surface area contributed by atoms with Crippen LogP contribution >= 0.6 is 0 Å². The van der Waals surface area contributed by atoms with E-state index in [9.17, 15) is 4.79 Å². The second kappa shape index (κ2) is 7.65. The van der Waals surface area contributed by atoms with Gasteiger partial charge in [0.15, 0.2) is 6.23 Å². The summed E-state index contributed by atoms with van der Waals surface area (Å²) in [4.78, 5) is 15.2. The molecule has 1 aromatic rings. The Morgan fingerprint density at radius 2 is 1.83 bits per heavy atom. The molecule has 1 heterocycles. The quantitative estimate of drug-likeness (QED) is 0.573. The molecule has 0 radical (unpaired) electrons. The number of nitrogens with one attached hydrogen (secondary N) is 1. The van der Waals surface area contributed by atoms with Gasteiger partial charge in [-0.2, -0.15) is 0 Å². The summed E-state index contributed by atoms with van der Waals surface area (Å²) in [5.41, 5.74) is 3.35. The Morgan fingerprint density at radius 1 is 1.21 bits per heavy atom. The summed E-state index contributed by atoms with van der Waals surface area (Å²) >= 11 is 0. The van der Waals surface area contributed by atoms with E-state index in [1.54, 1.807) is 0 Å². The summed E-state index contributed by atoms with van der Waals surface area (Å²) in [6, 6.07) is 8.32. The lowest BCUT2D eigenvalue weighted by Gasteiger charge is -2.28. The van der Waals surface area contributed by atoms with Crippen molar-refractivity contribution < 1.29 is 9.53 Å². The van der Waals surface area contributed by atoms with Crippen LogP contribution in [0.2, 0.25) is 0 Å². The molecule has 1 atom stereocenters. The number of aldehydes is 1. The van der Waals surface area contributed by atoms with Gasteiger partial charge >= 0.3 is 0 Å². The monoisotopic (exact) mass is 328 g/mol. The first-order chi connectivity index (χ1) is 11.3. The highest BCUT2D eigenvalue weighted by Gasteiger charge is 2.25. The van der Waals surface area contributed by atoms with Gasteiger partial charge in [0.25, 0.3) is 0 Å². The normalized spacial score (nSPS) is 15.2. The van der Waals surface area contributed by atoms with E-state index in [1.165, 1.54) is 5.56 Å². The third kappa shape index (κ3) is 4.95. The van der Waals surface area contributed by atoms with Crippen LogP contribution in [-0.2, 0) is 9.53 Å². The van der Waals surface area contributed by atoms with Gasteiger partial charge in [-0.05, 0) is 23.6 Å². The smallest absolute Gasteiger partial charge is 0.217 e. The Kier molecular flexibility index (Phi) is 5.81. The third-order valence-electron chi connectivity index (χ3n) is 3.97. The van der Waals surface area contributed by atoms with Crippen LogP contribution in [0.25, 0.3) is 0 Å². The van der Waals surface area contributed by atoms with E-state index < -0.39 is 0 Å². The van der Waals surface area contributed by atoms with Crippen LogP contribution in [0, 0.1) is 5.41 Å². The average molecular weight is 328 g/mol. The van der Waals surface area contributed by atoms with Gasteiger partial charge in [-0.15, -0.1) is 0 Å². The summed E-state index contributed by atoms with van der Waals surface area (Å²) in [5.74, 6) is 1.13. The van der Waals surface area contributed by atoms with Crippen LogP contribution in [0.1, 0.15) is 58.9 Å². The molecule has 1 aliphatic rings. The molecule has 0 aliphatic carbocycles. The number of ether oxygens (including phenoxy) is 1. The molecule has 0 amide bonds. The SMILES string of the molecule is CC(C)c1ccc(NC(CCC=O)OC2=NC(C(C)(C)C)=C2)cc1. The zero-order valence-electron chi connectivity index (χ0n) is 15.3. The van der Waals surface area contributed by atoms with Gasteiger partial charge < -0.3 is 14.8 Å². The fraction of sp³-hybridized carbons (Fsp3) is 0.500. The van der Waals surface area contributed by atoms with E-state index in [4.69, 9.17) is 4.74 Å². The number of nitrogens with zero attached hydrogens (tertiary/aromatic N) is 1. The van der Waals surface area contributed by atoms with Crippen molar-refractivity contribution >= 4 is 17.9 Å². The van der Waals surface area contributed by atoms with Gasteiger partial charge in [0.1, 0.15) is 6.29 Å². The first kappa shape index (κ1) is 18.2. The predicted octanol–water partition coefficient (Wildman–Crippen LogP) is 4.89. The number of hydrogen-bond acceptors (Lipinski definition) is 4. The van der Waals surface area contributed by atoms with E-state index in [1.807, 2.05) is 18.2 Å². The molecular formula is C20H28N2O2. The Bertz CT molecular complexity index is 622. The third-order valence-corrected chi connectivity index (χ3v) is 3.97. The van der Waals surface area contributed by atoms with Crippen molar-refractivity contribution in [2.45, 2.75) is 59.6 Å². The van der Waals surface area contributed by atoms with E-state index in [2.05, 4.69) is 57.1 Å². The molecule has 0 bridgehead atoms. The summed E-state index contributed by atoms with van der Waals surface area (Å²) in [5, 5.41) is 3.34. The lowest BCUT2D eigenvalue weighted by molar-refractivity contribution is -0.108. The Labute approximate surface area is 145 Å². The topological polar surface area (TPSA) is 50.7 Å². The minimum atomic E-state index is -0.267. The maximum Gasteiger partial charge on any atom is 0.217 e. The van der Waals surface area contributed by atoms with Crippen LogP contribution in [-0.4, -0.2) is 18.4 Å². The molecule has 0 spiro atoms. The van der Waals surface area contributed by atoms with Crippen molar-refractivity contribution in [2.75, 3.05) is 5.32 Å². The second-order valence-corrected chi connectivity index (χ2v) is 7.50. The van der Waals surface area contributed by atoms with Crippen molar-refractivity contribution in [1.29, 1.82) is 0 Å². The molecule has 2 rings (SSSR count). The Morgan fingerprint density at radius 3 is 2.33 bits per heavy atom. The zero-order chi connectivity index (χ0) is 17.7. The molecule has 0 saturated heterocycles. The van der Waals surface area contributed by atoms with Crippen LogP contribution in [0.5, 0.6) is 0 Å². The highest BCUT2D eigenvalue weighted by Crippen LogP contribution is 2.31. The molecular weight excluding hydrogens is 300 g/mol. The fourth-order valence-electron chi connectivity index (χ4n) is 2.35. The number of aliphatic imine (C=N–C) groups is 1. The second-order valence-electron chi connectivity index (χ2n) is 7.50. The van der Waals surface area contributed by atoms with Gasteiger partial charge in [-0.3, -0.25) is 0 Å². The molecule has 0 fully saturated rings. The fourth-order valence-corrected chi connectivity index (χ4v) is 2.35. The summed E-state index contributed by atoms with van der Waals surface area (Å²) in [7, 11) is 0. The van der Waals surface area contributed by atoms with E-state index >= 15 is 0 Å². The summed E-state index contributed by atoms with van der Waals surface area (Å²) in [6.45, 7) is 10.7. The maximum atomic E-state index is 10.7. The number of carbonyl (C=O) groups excluding carboxylic acids is 1. The van der Waals surface area contributed by atoms with E-state index in [-0.39, 0.29) is 11.6 Å². The van der Waals surface area contributed by atoms with E-state index in [0.717, 1.165) is 17.7 Å². The van der Waals surface area contributed by atoms with Crippen molar-refractivity contribution in [3.63, 3.8) is 0 Å². The van der Waals surface area contributed by atoms with Crippen LogP contribution < -0.4 is 5.32 Å². The van der Waals surface area contributed by atoms with Gasteiger partial charge in [-0.1, -0.05) is 46.8 Å². The van der Waals surface area contributed by atoms with Crippen LogP contribution in [0.3, 0.4) is 0 Å². The number of hydrogen-bond donors (Lipinski definition) is 1. The van der Waals surface area contributed by atoms with Crippen LogP contribution in [0.15, 0.2) is 41.0 Å². The van der Waals surface area contributed by atoms with Gasteiger partial charge in [0.2, 0.25) is 5.90 Å². The summed E-state index contributed by atoms with van der Waals surface area (Å²) < 4.78 is 5.90. The average Bonchev–Trinajstić information content (AvgIpc) is 2.46. The van der Waals surface area contributed by atoms with Crippen molar-refractivity contribution in [2.24, 2.45) is 10.4 Å². The molecule has 4 heteroatoms. The molecule has 130 valence electrons. The number of allylic oxidation sites excluding steroid dienone is 1.